The number of esters is 1. The van der Waals surface area contributed by atoms with Crippen LogP contribution in [0, 0.1) is 50.7 Å². The number of hydrogen-bond donors (Lipinski definition) is 4. The molecule has 0 aromatic heterocycles. The average molecular weight is 607 g/mol. The molecule has 244 valence electrons. The van der Waals surface area contributed by atoms with Crippen LogP contribution in [0.3, 0.4) is 0 Å². The van der Waals surface area contributed by atoms with Crippen LogP contribution in [0.15, 0.2) is 0 Å². The van der Waals surface area contributed by atoms with E-state index in [0.29, 0.717) is 17.8 Å². The third kappa shape index (κ3) is 3.91. The molecule has 9 nitrogen and oxygen atoms in total. The lowest BCUT2D eigenvalue weighted by atomic mass is 9.41. The molecule has 9 heteroatoms. The summed E-state index contributed by atoms with van der Waals surface area (Å²) in [5, 5.41) is 43.0. The Morgan fingerprint density at radius 2 is 1.63 bits per heavy atom. The molecule has 2 aliphatic heterocycles. The average Bonchev–Trinajstić information content (AvgIpc) is 3.58. The summed E-state index contributed by atoms with van der Waals surface area (Å²) in [6.45, 7) is 13.4. The normalized spacial score (nSPS) is 58.3. The zero-order valence-corrected chi connectivity index (χ0v) is 26.8. The summed E-state index contributed by atoms with van der Waals surface area (Å²) in [5.74, 6) is 1.25. The van der Waals surface area contributed by atoms with Crippen LogP contribution in [0.25, 0.3) is 0 Å². The number of carbonyl (C=O) groups excluding carboxylic acids is 1. The Bertz CT molecular complexity index is 1130. The van der Waals surface area contributed by atoms with Gasteiger partial charge in [-0.05, 0) is 96.7 Å². The van der Waals surface area contributed by atoms with Crippen LogP contribution in [-0.4, -0.2) is 88.6 Å². The topological polar surface area (TPSA) is 135 Å². The molecule has 2 heterocycles. The van der Waals surface area contributed by atoms with Crippen molar-refractivity contribution < 1.29 is 44.2 Å². The van der Waals surface area contributed by atoms with E-state index in [4.69, 9.17) is 18.9 Å². The summed E-state index contributed by atoms with van der Waals surface area (Å²) in [7, 11) is 0. The Kier molecular flexibility index (Phi) is 7.06. The lowest BCUT2D eigenvalue weighted by Gasteiger charge is -2.64. The molecule has 0 radical (unpaired) electrons. The molecular formula is C34H54O9. The number of rotatable bonds is 4. The second kappa shape index (κ2) is 9.85. The molecule has 2 saturated heterocycles. The molecule has 0 bridgehead atoms. The molecular weight excluding hydrogens is 552 g/mol. The molecule has 0 aromatic carbocycles. The lowest BCUT2D eigenvalue weighted by Crippen LogP contribution is -2.61. The van der Waals surface area contributed by atoms with Crippen molar-refractivity contribution in [2.24, 2.45) is 50.7 Å². The van der Waals surface area contributed by atoms with E-state index in [2.05, 4.69) is 34.6 Å². The zero-order chi connectivity index (χ0) is 30.9. The first-order chi connectivity index (χ1) is 20.1. The van der Waals surface area contributed by atoms with Gasteiger partial charge in [0.2, 0.25) is 0 Å². The second-order valence-electron chi connectivity index (χ2n) is 16.8. The fourth-order valence-electron chi connectivity index (χ4n) is 13.0. The molecule has 43 heavy (non-hydrogen) atoms. The Balaban J connectivity index is 1.13. The third-order valence-corrected chi connectivity index (χ3v) is 15.0. The Morgan fingerprint density at radius 3 is 2.35 bits per heavy atom. The molecule has 7 fully saturated rings. The van der Waals surface area contributed by atoms with Gasteiger partial charge in [-0.2, -0.15) is 0 Å². The van der Waals surface area contributed by atoms with E-state index in [1.54, 1.807) is 0 Å². The van der Waals surface area contributed by atoms with Crippen molar-refractivity contribution in [3.05, 3.63) is 0 Å². The summed E-state index contributed by atoms with van der Waals surface area (Å²) in [4.78, 5) is 11.5. The van der Waals surface area contributed by atoms with Gasteiger partial charge >= 0.3 is 5.97 Å². The van der Waals surface area contributed by atoms with Gasteiger partial charge in [0.05, 0.1) is 31.0 Å². The minimum Gasteiger partial charge on any atom is -0.463 e. The SMILES string of the molecule is CC(=O)OCC1C[C@@H](C)[C@H]2C(O1)[C@H](O)[C@@]1(C)C3CC[C@H]4C(C)(C)C(OC5OC[C@@H](O)C(O)[C@H]5O)CCC45CC35CCC21C. The molecule has 4 N–H and O–H groups in total. The number of fused-ring (bicyclic) bond motifs is 4. The minimum atomic E-state index is -1.28. The largest absolute Gasteiger partial charge is 0.463 e. The van der Waals surface area contributed by atoms with E-state index in [1.807, 2.05) is 0 Å². The maximum Gasteiger partial charge on any atom is 0.302 e. The van der Waals surface area contributed by atoms with Gasteiger partial charge in [0, 0.05) is 12.3 Å². The van der Waals surface area contributed by atoms with Crippen LogP contribution in [-0.2, 0) is 23.7 Å². The molecule has 16 atom stereocenters. The van der Waals surface area contributed by atoms with Crippen molar-refractivity contribution in [2.45, 2.75) is 142 Å². The second-order valence-corrected chi connectivity index (χ2v) is 16.8. The van der Waals surface area contributed by atoms with E-state index in [1.165, 1.54) is 19.8 Å². The summed E-state index contributed by atoms with van der Waals surface area (Å²) >= 11 is 0. The van der Waals surface area contributed by atoms with Gasteiger partial charge in [0.1, 0.15) is 24.9 Å². The monoisotopic (exact) mass is 606 g/mol. The zero-order valence-electron chi connectivity index (χ0n) is 26.8. The van der Waals surface area contributed by atoms with Gasteiger partial charge in [0.15, 0.2) is 6.29 Å². The first-order valence-corrected chi connectivity index (χ1v) is 16.9. The maximum absolute atomic E-state index is 12.3. The van der Waals surface area contributed by atoms with E-state index in [9.17, 15) is 25.2 Å². The minimum absolute atomic E-state index is 0.0227. The van der Waals surface area contributed by atoms with Crippen LogP contribution in [0.2, 0.25) is 0 Å². The predicted molar refractivity (Wildman–Crippen MR) is 155 cm³/mol. The van der Waals surface area contributed by atoms with Gasteiger partial charge in [0.25, 0.3) is 0 Å². The highest BCUT2D eigenvalue weighted by Gasteiger charge is 2.84. The molecule has 0 amide bonds. The Labute approximate surface area is 256 Å². The highest BCUT2D eigenvalue weighted by molar-refractivity contribution is 5.65. The van der Waals surface area contributed by atoms with Gasteiger partial charge < -0.3 is 39.4 Å². The summed E-state index contributed by atoms with van der Waals surface area (Å²) in [6, 6.07) is 0. The van der Waals surface area contributed by atoms with E-state index in [0.717, 1.165) is 38.5 Å². The van der Waals surface area contributed by atoms with Crippen LogP contribution in [0.1, 0.15) is 92.9 Å². The van der Waals surface area contributed by atoms with Gasteiger partial charge in [-0.1, -0.05) is 34.6 Å². The summed E-state index contributed by atoms with van der Waals surface area (Å²) < 4.78 is 24.1. The molecule has 9 unspecified atom stereocenters. The van der Waals surface area contributed by atoms with Gasteiger partial charge in [-0.3, -0.25) is 4.79 Å². The highest BCUT2D eigenvalue weighted by atomic mass is 16.7. The van der Waals surface area contributed by atoms with Crippen molar-refractivity contribution in [1.82, 2.24) is 0 Å². The molecule has 5 aliphatic carbocycles. The molecule has 7 rings (SSSR count). The summed E-state index contributed by atoms with van der Waals surface area (Å²) in [6.07, 6.45) is 2.72. The van der Waals surface area contributed by atoms with Crippen molar-refractivity contribution in [3.63, 3.8) is 0 Å². The molecule has 2 spiro atoms. The quantitative estimate of drug-likeness (QED) is 0.281. The van der Waals surface area contributed by atoms with Crippen LogP contribution < -0.4 is 0 Å². The fourth-order valence-corrected chi connectivity index (χ4v) is 13.0. The van der Waals surface area contributed by atoms with Crippen molar-refractivity contribution in [1.29, 1.82) is 0 Å². The Hall–Kier alpha value is -0.810. The predicted octanol–water partition coefficient (Wildman–Crippen LogP) is 3.19. The molecule has 7 aliphatic rings. The van der Waals surface area contributed by atoms with E-state index < -0.39 is 30.7 Å². The number of aliphatic hydroxyl groups is 4. The molecule has 0 aromatic rings. The van der Waals surface area contributed by atoms with Crippen molar-refractivity contribution >= 4 is 5.97 Å². The van der Waals surface area contributed by atoms with Gasteiger partial charge in [-0.25, -0.2) is 0 Å². The standard InChI is InChI=1S/C34H54O9/c1-17-13-19(14-40-18(2)35)42-27-24(17)31(5)11-12-34-16-33(34)10-9-23(43-29-26(38)25(37)20(36)15-41-29)30(3,4)21(33)7-8-22(34)32(31,6)28(27)39/h17,19-29,36-39H,7-16H2,1-6H3/t17-,19?,20-,21+,22?,23?,24+,25?,26-,27?,28+,29?,31?,32-,33?,34?/m1/s1. The third-order valence-electron chi connectivity index (χ3n) is 15.0. The first kappa shape index (κ1) is 30.8. The summed E-state index contributed by atoms with van der Waals surface area (Å²) in [5.41, 5.74) is 0.00714. The maximum atomic E-state index is 12.3. The number of hydrogen-bond acceptors (Lipinski definition) is 9. The van der Waals surface area contributed by atoms with Crippen molar-refractivity contribution in [3.8, 4) is 0 Å². The van der Waals surface area contributed by atoms with Crippen LogP contribution in [0.4, 0.5) is 0 Å². The smallest absolute Gasteiger partial charge is 0.302 e. The number of carbonyl (C=O) groups is 1. The van der Waals surface area contributed by atoms with Crippen LogP contribution in [0.5, 0.6) is 0 Å². The number of aliphatic hydroxyl groups excluding tert-OH is 4. The van der Waals surface area contributed by atoms with E-state index in [-0.39, 0.29) is 70.5 Å². The van der Waals surface area contributed by atoms with Crippen molar-refractivity contribution in [2.75, 3.05) is 13.2 Å². The fraction of sp³-hybridized carbons (Fsp3) is 0.971. The molecule has 5 saturated carbocycles. The highest BCUT2D eigenvalue weighted by Crippen LogP contribution is 2.89. The van der Waals surface area contributed by atoms with Crippen LogP contribution >= 0.6 is 0 Å². The lowest BCUT2D eigenvalue weighted by molar-refractivity contribution is -0.303. The van der Waals surface area contributed by atoms with E-state index >= 15 is 0 Å². The Morgan fingerprint density at radius 1 is 0.930 bits per heavy atom. The van der Waals surface area contributed by atoms with Gasteiger partial charge in [-0.15, -0.1) is 0 Å². The first-order valence-electron chi connectivity index (χ1n) is 16.9. The number of ether oxygens (including phenoxy) is 4.